The second-order valence-electron chi connectivity index (χ2n) is 3.55. The second kappa shape index (κ2) is 2.19. The minimum atomic E-state index is -0.560. The predicted molar refractivity (Wildman–Crippen MR) is 38.7 cm³/mol. The molecule has 1 heterocycles. The maximum Gasteiger partial charge on any atom is 0.119 e. The summed E-state index contributed by atoms with van der Waals surface area (Å²) in [5, 5.41) is 3.31. The zero-order valence-electron chi connectivity index (χ0n) is 6.20. The molecule has 2 heteroatoms. The number of rotatable bonds is 0. The van der Waals surface area contributed by atoms with Crippen molar-refractivity contribution in [1.29, 1.82) is 0 Å². The first-order valence-corrected chi connectivity index (χ1v) is 4.23. The highest BCUT2D eigenvalue weighted by atomic mass is 19.1. The van der Waals surface area contributed by atoms with Gasteiger partial charge in [0.1, 0.15) is 6.17 Å². The van der Waals surface area contributed by atoms with Crippen LogP contribution in [-0.2, 0) is 0 Å². The highest BCUT2D eigenvalue weighted by Crippen LogP contribution is 2.38. The third-order valence-corrected chi connectivity index (χ3v) is 2.97. The summed E-state index contributed by atoms with van der Waals surface area (Å²) >= 11 is 0. The molecule has 0 aromatic rings. The number of hydrogen-bond acceptors (Lipinski definition) is 1. The van der Waals surface area contributed by atoms with Gasteiger partial charge in [0, 0.05) is 5.54 Å². The van der Waals surface area contributed by atoms with E-state index in [1.165, 1.54) is 12.8 Å². The molecule has 0 aromatic heterocycles. The molecule has 10 heavy (non-hydrogen) atoms. The van der Waals surface area contributed by atoms with Crippen LogP contribution >= 0.6 is 0 Å². The Balaban J connectivity index is 2.11. The van der Waals surface area contributed by atoms with Crippen molar-refractivity contribution in [3.05, 3.63) is 0 Å². The number of hydrogen-bond donors (Lipinski definition) is 1. The van der Waals surface area contributed by atoms with Crippen molar-refractivity contribution < 1.29 is 4.39 Å². The molecule has 1 saturated carbocycles. The molecule has 0 amide bonds. The standard InChI is InChI=1S/C8H14FN/c9-7-3-6-10-8(7)4-1-2-5-8/h7,10H,1-6H2. The lowest BCUT2D eigenvalue weighted by molar-refractivity contribution is 0.205. The lowest BCUT2D eigenvalue weighted by atomic mass is 9.94. The fourth-order valence-corrected chi connectivity index (χ4v) is 2.33. The van der Waals surface area contributed by atoms with Crippen LogP contribution in [0.5, 0.6) is 0 Å². The minimum Gasteiger partial charge on any atom is -0.309 e. The third kappa shape index (κ3) is 0.782. The smallest absolute Gasteiger partial charge is 0.119 e. The molecule has 0 radical (unpaired) electrons. The van der Waals surface area contributed by atoms with Gasteiger partial charge in [0.25, 0.3) is 0 Å². The molecule has 1 unspecified atom stereocenters. The van der Waals surface area contributed by atoms with Gasteiger partial charge in [0.2, 0.25) is 0 Å². The van der Waals surface area contributed by atoms with E-state index in [1.54, 1.807) is 0 Å². The van der Waals surface area contributed by atoms with Crippen molar-refractivity contribution in [3.8, 4) is 0 Å². The van der Waals surface area contributed by atoms with Crippen LogP contribution in [0.15, 0.2) is 0 Å². The molecule has 0 bridgehead atoms. The monoisotopic (exact) mass is 143 g/mol. The summed E-state index contributed by atoms with van der Waals surface area (Å²) in [7, 11) is 0. The second-order valence-corrected chi connectivity index (χ2v) is 3.55. The Bertz CT molecular complexity index is 124. The first kappa shape index (κ1) is 6.59. The largest absolute Gasteiger partial charge is 0.309 e. The fourth-order valence-electron chi connectivity index (χ4n) is 2.33. The van der Waals surface area contributed by atoms with Crippen LogP contribution in [-0.4, -0.2) is 18.3 Å². The van der Waals surface area contributed by atoms with E-state index in [4.69, 9.17) is 0 Å². The van der Waals surface area contributed by atoms with E-state index >= 15 is 0 Å². The van der Waals surface area contributed by atoms with Gasteiger partial charge in [-0.15, -0.1) is 0 Å². The van der Waals surface area contributed by atoms with Crippen molar-refractivity contribution >= 4 is 0 Å². The molecule has 1 N–H and O–H groups in total. The van der Waals surface area contributed by atoms with Crippen molar-refractivity contribution in [2.24, 2.45) is 0 Å². The Morgan fingerprint density at radius 3 is 2.50 bits per heavy atom. The summed E-state index contributed by atoms with van der Waals surface area (Å²) < 4.78 is 13.2. The van der Waals surface area contributed by atoms with Gasteiger partial charge in [-0.3, -0.25) is 0 Å². The average Bonchev–Trinajstić information content (AvgIpc) is 2.48. The average molecular weight is 143 g/mol. The third-order valence-electron chi connectivity index (χ3n) is 2.97. The molecule has 1 aliphatic carbocycles. The Hall–Kier alpha value is -0.110. The molecule has 2 fully saturated rings. The van der Waals surface area contributed by atoms with Gasteiger partial charge >= 0.3 is 0 Å². The molecule has 0 aromatic carbocycles. The highest BCUT2D eigenvalue weighted by Gasteiger charge is 2.44. The van der Waals surface area contributed by atoms with Crippen molar-refractivity contribution in [2.45, 2.75) is 43.8 Å². The number of nitrogens with one attached hydrogen (secondary N) is 1. The first-order valence-electron chi connectivity index (χ1n) is 4.23. The lowest BCUT2D eigenvalue weighted by Gasteiger charge is -2.25. The zero-order valence-corrected chi connectivity index (χ0v) is 6.20. The van der Waals surface area contributed by atoms with E-state index in [0.29, 0.717) is 0 Å². The summed E-state index contributed by atoms with van der Waals surface area (Å²) in [6.45, 7) is 0.890. The lowest BCUT2D eigenvalue weighted by Crippen LogP contribution is -2.42. The van der Waals surface area contributed by atoms with Crippen LogP contribution < -0.4 is 5.32 Å². The molecule has 58 valence electrons. The van der Waals surface area contributed by atoms with Crippen LogP contribution in [0.1, 0.15) is 32.1 Å². The van der Waals surface area contributed by atoms with Gasteiger partial charge in [0.15, 0.2) is 0 Å². The van der Waals surface area contributed by atoms with Crippen LogP contribution in [0.2, 0.25) is 0 Å². The van der Waals surface area contributed by atoms with E-state index in [-0.39, 0.29) is 5.54 Å². The Kier molecular flexibility index (Phi) is 1.44. The normalized spacial score (nSPS) is 37.5. The summed E-state index contributed by atoms with van der Waals surface area (Å²) in [4.78, 5) is 0. The van der Waals surface area contributed by atoms with Gasteiger partial charge < -0.3 is 5.32 Å². The van der Waals surface area contributed by atoms with Gasteiger partial charge in [-0.25, -0.2) is 4.39 Å². The molecule has 1 nitrogen and oxygen atoms in total. The molecule has 1 aliphatic heterocycles. The fraction of sp³-hybridized carbons (Fsp3) is 1.00. The maximum atomic E-state index is 13.2. The Labute approximate surface area is 61.0 Å². The van der Waals surface area contributed by atoms with Crippen LogP contribution in [0.25, 0.3) is 0 Å². The summed E-state index contributed by atoms with van der Waals surface area (Å²) in [5.74, 6) is 0. The van der Waals surface area contributed by atoms with Gasteiger partial charge in [0.05, 0.1) is 0 Å². The quantitative estimate of drug-likeness (QED) is 0.543. The molecule has 1 atom stereocenters. The molecule has 2 aliphatic rings. The first-order chi connectivity index (χ1) is 4.83. The Morgan fingerprint density at radius 2 is 2.00 bits per heavy atom. The van der Waals surface area contributed by atoms with Crippen LogP contribution in [0.3, 0.4) is 0 Å². The number of halogens is 1. The summed E-state index contributed by atoms with van der Waals surface area (Å²) in [6.07, 6.45) is 4.73. The van der Waals surface area contributed by atoms with E-state index in [1.807, 2.05) is 0 Å². The van der Waals surface area contributed by atoms with Gasteiger partial charge in [-0.05, 0) is 25.8 Å². The SMILES string of the molecule is FC1CCNC12CCCC2. The Morgan fingerprint density at radius 1 is 1.30 bits per heavy atom. The molecule has 2 rings (SSSR count). The molecular formula is C8H14FN. The van der Waals surface area contributed by atoms with Gasteiger partial charge in [-0.1, -0.05) is 12.8 Å². The predicted octanol–water partition coefficient (Wildman–Crippen LogP) is 1.63. The summed E-state index contributed by atoms with van der Waals surface area (Å²) in [5.41, 5.74) is -0.0694. The maximum absolute atomic E-state index is 13.2. The van der Waals surface area contributed by atoms with E-state index in [9.17, 15) is 4.39 Å². The van der Waals surface area contributed by atoms with E-state index < -0.39 is 6.17 Å². The van der Waals surface area contributed by atoms with Crippen LogP contribution in [0, 0.1) is 0 Å². The minimum absolute atomic E-state index is 0.0694. The van der Waals surface area contributed by atoms with Gasteiger partial charge in [-0.2, -0.15) is 0 Å². The van der Waals surface area contributed by atoms with Crippen LogP contribution in [0.4, 0.5) is 4.39 Å². The highest BCUT2D eigenvalue weighted by molar-refractivity contribution is 5.02. The number of alkyl halides is 1. The van der Waals surface area contributed by atoms with E-state index in [2.05, 4.69) is 5.32 Å². The van der Waals surface area contributed by atoms with E-state index in [0.717, 1.165) is 25.8 Å². The zero-order chi connectivity index (χ0) is 7.03. The van der Waals surface area contributed by atoms with Crippen molar-refractivity contribution in [2.75, 3.05) is 6.54 Å². The molecular weight excluding hydrogens is 129 g/mol. The van der Waals surface area contributed by atoms with Crippen molar-refractivity contribution in [3.63, 3.8) is 0 Å². The molecule has 1 spiro atoms. The van der Waals surface area contributed by atoms with Crippen molar-refractivity contribution in [1.82, 2.24) is 5.32 Å². The summed E-state index contributed by atoms with van der Waals surface area (Å²) in [6, 6.07) is 0. The molecule has 1 saturated heterocycles. The topological polar surface area (TPSA) is 12.0 Å².